The van der Waals surface area contributed by atoms with Crippen molar-refractivity contribution in [2.24, 2.45) is 0 Å². The van der Waals surface area contributed by atoms with Gasteiger partial charge < -0.3 is 9.20 Å². The molecule has 0 amide bonds. The van der Waals surface area contributed by atoms with Crippen molar-refractivity contribution in [3.8, 4) is 5.75 Å². The molecule has 0 atom stereocenters. The van der Waals surface area contributed by atoms with E-state index in [0.717, 1.165) is 5.56 Å². The van der Waals surface area contributed by atoms with Gasteiger partial charge in [-0.1, -0.05) is 50.6 Å². The average molecular weight is 363 g/mol. The van der Waals surface area contributed by atoms with Gasteiger partial charge in [0.05, 0.1) is 5.56 Å². The van der Waals surface area contributed by atoms with Crippen molar-refractivity contribution in [2.45, 2.75) is 39.3 Å². The maximum Gasteiger partial charge on any atom is 0.343 e. The maximum absolute atomic E-state index is 12.1. The molecule has 2 aromatic rings. The number of halogens is 1. The number of benzene rings is 2. The zero-order valence-corrected chi connectivity index (χ0v) is 16.5. The molecule has 0 unspecified atom stereocenters. The van der Waals surface area contributed by atoms with E-state index in [0.29, 0.717) is 16.3 Å². The van der Waals surface area contributed by atoms with Crippen molar-refractivity contribution in [1.29, 1.82) is 0 Å². The first-order valence-electron chi connectivity index (χ1n) is 7.65. The van der Waals surface area contributed by atoms with Crippen LogP contribution < -0.4 is 4.74 Å². The van der Waals surface area contributed by atoms with Crippen LogP contribution in [0.25, 0.3) is 0 Å². The summed E-state index contributed by atoms with van der Waals surface area (Å²) in [5.74, 6) is 0.156. The van der Waals surface area contributed by atoms with Crippen LogP contribution in [-0.2, 0) is 9.88 Å². The summed E-state index contributed by atoms with van der Waals surface area (Å²) >= 11 is 6.19. The minimum Gasteiger partial charge on any atom is -0.423 e. The summed E-state index contributed by atoms with van der Waals surface area (Å²) in [5.41, 5.74) is 1.31. The molecule has 3 nitrogen and oxygen atoms in total. The summed E-state index contributed by atoms with van der Waals surface area (Å²) in [6.45, 7) is 9.59. The Bertz CT molecular complexity index is 702. The zero-order valence-electron chi connectivity index (χ0n) is 14.7. The Kier molecular flexibility index (Phi) is 7.51. The quantitative estimate of drug-likeness (QED) is 0.401. The van der Waals surface area contributed by atoms with Crippen LogP contribution in [0.4, 0.5) is 0 Å². The van der Waals surface area contributed by atoms with E-state index in [4.69, 9.17) is 16.3 Å². The van der Waals surface area contributed by atoms with Gasteiger partial charge in [-0.15, -0.1) is 0 Å². The third-order valence-electron chi connectivity index (χ3n) is 2.96. The fraction of sp³-hybridized carbons (Fsp3) is 0.316. The van der Waals surface area contributed by atoms with E-state index in [2.05, 4.69) is 20.8 Å². The molecule has 0 N–H and O–H groups in total. The molecular weight excluding hydrogens is 340 g/mol. The molecule has 0 saturated carbocycles. The number of hydrogen-bond acceptors (Lipinski definition) is 3. The zero-order chi connectivity index (χ0) is 18.3. The van der Waals surface area contributed by atoms with Crippen molar-refractivity contribution in [1.82, 2.24) is 0 Å². The van der Waals surface area contributed by atoms with Crippen LogP contribution in [-0.4, -0.2) is 14.7 Å². The van der Waals surface area contributed by atoms with Crippen LogP contribution in [0, 0.1) is 0 Å². The third kappa shape index (κ3) is 6.77. The lowest BCUT2D eigenvalue weighted by Crippen LogP contribution is -2.15. The smallest absolute Gasteiger partial charge is 0.343 e. The average Bonchev–Trinajstić information content (AvgIpc) is 2.47. The first kappa shape index (κ1) is 20.3. The maximum atomic E-state index is 12.1. The Morgan fingerprint density at radius 1 is 1.04 bits per heavy atom. The molecule has 0 radical (unpaired) electrons. The molecule has 128 valence electrons. The molecule has 0 aliphatic heterocycles. The second-order valence-corrected chi connectivity index (χ2v) is 8.78. The number of rotatable bonds is 2. The Hall–Kier alpha value is -1.78. The molecule has 0 fully saturated rings. The normalized spacial score (nSPS) is 10.4. The van der Waals surface area contributed by atoms with E-state index in [9.17, 15) is 9.26 Å². The van der Waals surface area contributed by atoms with E-state index >= 15 is 0 Å². The predicted molar refractivity (Wildman–Crippen MR) is 99.7 cm³/mol. The van der Waals surface area contributed by atoms with Gasteiger partial charge in [0.2, 0.25) is 0 Å². The van der Waals surface area contributed by atoms with Gasteiger partial charge in [-0.05, 0) is 54.4 Å². The van der Waals surface area contributed by atoms with Crippen molar-refractivity contribution in [3.05, 3.63) is 64.7 Å². The lowest BCUT2D eigenvalue weighted by molar-refractivity contribution is 0.0734. The first-order valence-corrected chi connectivity index (χ1v) is 10.4. The topological polar surface area (TPSA) is 43.4 Å². The number of carbonyl (C=O) groups excluding carboxylic acids is 1. The number of ether oxygens (including phenoxy) is 1. The number of para-hydroxylation sites is 1. The predicted octanol–water partition coefficient (Wildman–Crippen LogP) is 5.52. The van der Waals surface area contributed by atoms with E-state index in [1.165, 1.54) is 0 Å². The molecule has 0 aromatic heterocycles. The minimum absolute atomic E-state index is 0.125. The van der Waals surface area contributed by atoms with Gasteiger partial charge >= 0.3 is 5.97 Å². The molecule has 0 spiro atoms. The Morgan fingerprint density at radius 3 is 2.08 bits per heavy atom. The summed E-state index contributed by atoms with van der Waals surface area (Å²) < 4.78 is 15.0. The first-order chi connectivity index (χ1) is 11.1. The van der Waals surface area contributed by atoms with Crippen LogP contribution in [0.1, 0.15) is 36.7 Å². The van der Waals surface area contributed by atoms with Gasteiger partial charge in [-0.25, -0.2) is 4.79 Å². The largest absolute Gasteiger partial charge is 0.423 e. The van der Waals surface area contributed by atoms with Crippen LogP contribution in [0.5, 0.6) is 5.75 Å². The molecule has 0 saturated heterocycles. The van der Waals surface area contributed by atoms with E-state index in [-0.39, 0.29) is 11.4 Å². The van der Waals surface area contributed by atoms with Crippen LogP contribution in [0.3, 0.4) is 0 Å². The molecule has 24 heavy (non-hydrogen) atoms. The van der Waals surface area contributed by atoms with Crippen LogP contribution >= 0.6 is 11.6 Å². The highest BCUT2D eigenvalue weighted by atomic mass is 35.5. The minimum atomic E-state index is -1.13. The fourth-order valence-electron chi connectivity index (χ4n) is 1.88. The van der Waals surface area contributed by atoms with Gasteiger partial charge in [0.1, 0.15) is 5.75 Å². The molecule has 2 aromatic carbocycles. The molecule has 0 aliphatic carbocycles. The number of esters is 1. The number of hydrogen-bond donors (Lipinski definition) is 0. The van der Waals surface area contributed by atoms with Gasteiger partial charge in [0.25, 0.3) is 8.68 Å². The van der Waals surface area contributed by atoms with Crippen LogP contribution in [0.2, 0.25) is 18.1 Å². The number of carbonyl (C=O) groups is 1. The molecule has 0 bridgehead atoms. The van der Waals surface area contributed by atoms with Crippen molar-refractivity contribution >= 4 is 26.3 Å². The highest BCUT2D eigenvalue weighted by molar-refractivity contribution is 6.38. The molecular formula is C19H23ClO3Si. The fourth-order valence-corrected chi connectivity index (χ4v) is 2.28. The van der Waals surface area contributed by atoms with Gasteiger partial charge in [0.15, 0.2) is 0 Å². The van der Waals surface area contributed by atoms with E-state index in [1.807, 2.05) is 18.2 Å². The van der Waals surface area contributed by atoms with E-state index < -0.39 is 8.68 Å². The molecule has 0 aliphatic rings. The van der Waals surface area contributed by atoms with Gasteiger partial charge in [-0.3, -0.25) is 0 Å². The Balaban J connectivity index is 0.000000648. The monoisotopic (exact) mass is 362 g/mol. The Labute approximate surface area is 150 Å². The molecule has 2 rings (SSSR count). The van der Waals surface area contributed by atoms with Gasteiger partial charge in [0, 0.05) is 5.02 Å². The second-order valence-electron chi connectivity index (χ2n) is 6.56. The van der Waals surface area contributed by atoms with Crippen LogP contribution in [0.15, 0.2) is 48.5 Å². The SMILES string of the molecule is CC(C)(C)c1cc(C(=O)Oc2ccccc2)ccc1Cl.C[Si](C)=O. The van der Waals surface area contributed by atoms with Gasteiger partial charge in [-0.2, -0.15) is 0 Å². The summed E-state index contributed by atoms with van der Waals surface area (Å²) in [7, 11) is -1.13. The molecule has 0 heterocycles. The molecule has 5 heteroatoms. The standard InChI is InChI=1S/C17H17ClO2.C2H6OSi/c1-17(2,3)14-11-12(9-10-15(14)18)16(19)20-13-7-5-4-6-8-13;1-4(2)3/h4-11H,1-3H3;1-2H3. The highest BCUT2D eigenvalue weighted by Gasteiger charge is 2.20. The Morgan fingerprint density at radius 2 is 1.58 bits per heavy atom. The summed E-state index contributed by atoms with van der Waals surface area (Å²) in [6, 6.07) is 14.2. The van der Waals surface area contributed by atoms with Crippen molar-refractivity contribution in [2.75, 3.05) is 0 Å². The second kappa shape index (κ2) is 8.90. The third-order valence-corrected chi connectivity index (χ3v) is 3.29. The van der Waals surface area contributed by atoms with E-state index in [1.54, 1.807) is 43.4 Å². The highest BCUT2D eigenvalue weighted by Crippen LogP contribution is 2.30. The summed E-state index contributed by atoms with van der Waals surface area (Å²) in [5, 5.41) is 0.661. The van der Waals surface area contributed by atoms with Crippen molar-refractivity contribution in [3.63, 3.8) is 0 Å². The summed E-state index contributed by atoms with van der Waals surface area (Å²) in [4.78, 5) is 12.1. The summed E-state index contributed by atoms with van der Waals surface area (Å²) in [6.07, 6.45) is 0. The lowest BCUT2D eigenvalue weighted by Gasteiger charge is -2.21. The lowest BCUT2D eigenvalue weighted by atomic mass is 9.86. The van der Waals surface area contributed by atoms with Crippen molar-refractivity contribution < 1.29 is 14.0 Å².